The molecule has 0 bridgehead atoms. The molecule has 0 aliphatic carbocycles. The number of aryl methyl sites for hydroxylation is 2. The maximum Gasteiger partial charge on any atom is 0.153 e. The van der Waals surface area contributed by atoms with Gasteiger partial charge in [0.15, 0.2) is 9.84 Å². The zero-order valence-corrected chi connectivity index (χ0v) is 11.0. The van der Waals surface area contributed by atoms with E-state index in [1.54, 1.807) is 0 Å². The van der Waals surface area contributed by atoms with Crippen LogP contribution < -0.4 is 0 Å². The average Bonchev–Trinajstić information content (AvgIpc) is 2.47. The van der Waals surface area contributed by atoms with E-state index in [0.717, 1.165) is 16.7 Å². The second-order valence-electron chi connectivity index (χ2n) is 5.17. The zero-order chi connectivity index (χ0) is 12.7. The van der Waals surface area contributed by atoms with Gasteiger partial charge >= 0.3 is 0 Å². The fraction of sp³-hybridized carbons (Fsp3) is 0.538. The fourth-order valence-electron chi connectivity index (χ4n) is 2.38. The minimum absolute atomic E-state index is 0.104. The molecule has 0 amide bonds. The second-order valence-corrected chi connectivity index (χ2v) is 7.36. The Bertz CT molecular complexity index is 534. The molecule has 4 heteroatoms. The Morgan fingerprint density at radius 1 is 1.35 bits per heavy atom. The number of sulfone groups is 1. The Morgan fingerprint density at radius 2 is 2.06 bits per heavy atom. The molecule has 2 rings (SSSR count). The van der Waals surface area contributed by atoms with Crippen LogP contribution in [0.5, 0.6) is 0 Å². The zero-order valence-electron chi connectivity index (χ0n) is 10.2. The van der Waals surface area contributed by atoms with Crippen molar-refractivity contribution >= 4 is 9.84 Å². The first-order valence-electron chi connectivity index (χ1n) is 5.79. The molecule has 1 fully saturated rings. The lowest BCUT2D eigenvalue weighted by molar-refractivity contribution is 0.0680. The summed E-state index contributed by atoms with van der Waals surface area (Å²) in [6, 6.07) is 6.06. The third kappa shape index (κ3) is 2.87. The van der Waals surface area contributed by atoms with Crippen LogP contribution in [-0.2, 0) is 16.3 Å². The quantitative estimate of drug-likeness (QED) is 0.868. The molecule has 1 aromatic carbocycles. The van der Waals surface area contributed by atoms with Crippen LogP contribution in [0, 0.1) is 13.8 Å². The Kier molecular flexibility index (Phi) is 3.04. The first-order chi connectivity index (χ1) is 7.80. The van der Waals surface area contributed by atoms with E-state index < -0.39 is 15.4 Å². The fourth-order valence-corrected chi connectivity index (χ4v) is 4.28. The summed E-state index contributed by atoms with van der Waals surface area (Å²) in [5.41, 5.74) is 2.21. The van der Waals surface area contributed by atoms with Gasteiger partial charge in [0.1, 0.15) is 0 Å². The molecule has 0 aromatic heterocycles. The summed E-state index contributed by atoms with van der Waals surface area (Å²) < 4.78 is 22.9. The molecule has 0 spiro atoms. The highest BCUT2D eigenvalue weighted by atomic mass is 32.2. The number of rotatable bonds is 2. The SMILES string of the molecule is Cc1ccc(C)c(CC2(O)CCS(=O)(=O)C2)c1. The van der Waals surface area contributed by atoms with Crippen molar-refractivity contribution in [2.45, 2.75) is 32.3 Å². The van der Waals surface area contributed by atoms with Gasteiger partial charge in [-0.15, -0.1) is 0 Å². The molecule has 1 unspecified atom stereocenters. The Balaban J connectivity index is 2.24. The summed E-state index contributed by atoms with van der Waals surface area (Å²) in [5.74, 6) is 0.00173. The van der Waals surface area contributed by atoms with E-state index in [1.807, 2.05) is 32.0 Å². The Labute approximate surface area is 102 Å². The third-order valence-corrected chi connectivity index (χ3v) is 5.19. The van der Waals surface area contributed by atoms with Gasteiger partial charge in [-0.3, -0.25) is 0 Å². The molecule has 0 saturated carbocycles. The van der Waals surface area contributed by atoms with Gasteiger partial charge in [-0.25, -0.2) is 8.42 Å². The molecule has 1 heterocycles. The normalized spacial score (nSPS) is 27.2. The molecule has 0 radical (unpaired) electrons. The number of benzene rings is 1. The van der Waals surface area contributed by atoms with Crippen LogP contribution in [0.15, 0.2) is 18.2 Å². The minimum Gasteiger partial charge on any atom is -0.388 e. The van der Waals surface area contributed by atoms with Crippen molar-refractivity contribution in [1.82, 2.24) is 0 Å². The van der Waals surface area contributed by atoms with Crippen molar-refractivity contribution in [2.24, 2.45) is 0 Å². The number of hydrogen-bond donors (Lipinski definition) is 1. The largest absolute Gasteiger partial charge is 0.388 e. The lowest BCUT2D eigenvalue weighted by Crippen LogP contribution is -2.33. The van der Waals surface area contributed by atoms with Gasteiger partial charge < -0.3 is 5.11 Å². The molecule has 1 N–H and O–H groups in total. The lowest BCUT2D eigenvalue weighted by atomic mass is 9.91. The molecular formula is C13H18O3S. The van der Waals surface area contributed by atoms with E-state index in [4.69, 9.17) is 0 Å². The van der Waals surface area contributed by atoms with Crippen LogP contribution in [-0.4, -0.2) is 30.6 Å². The topological polar surface area (TPSA) is 54.4 Å². The second kappa shape index (κ2) is 4.10. The minimum atomic E-state index is -3.05. The molecule has 94 valence electrons. The number of hydrogen-bond acceptors (Lipinski definition) is 3. The van der Waals surface area contributed by atoms with E-state index in [2.05, 4.69) is 0 Å². The molecule has 1 atom stereocenters. The van der Waals surface area contributed by atoms with E-state index in [1.165, 1.54) is 0 Å². The Morgan fingerprint density at radius 3 is 2.65 bits per heavy atom. The first-order valence-corrected chi connectivity index (χ1v) is 7.61. The highest BCUT2D eigenvalue weighted by Crippen LogP contribution is 2.28. The smallest absolute Gasteiger partial charge is 0.153 e. The highest BCUT2D eigenvalue weighted by Gasteiger charge is 2.40. The van der Waals surface area contributed by atoms with E-state index in [0.29, 0.717) is 12.8 Å². The monoisotopic (exact) mass is 254 g/mol. The predicted octanol–water partition coefficient (Wildman–Crippen LogP) is 1.40. The van der Waals surface area contributed by atoms with Crippen molar-refractivity contribution < 1.29 is 13.5 Å². The van der Waals surface area contributed by atoms with Gasteiger partial charge in [0.05, 0.1) is 17.1 Å². The maximum atomic E-state index is 11.4. The molecule has 1 aromatic rings. The van der Waals surface area contributed by atoms with E-state index in [9.17, 15) is 13.5 Å². The van der Waals surface area contributed by atoms with E-state index in [-0.39, 0.29) is 11.5 Å². The van der Waals surface area contributed by atoms with Crippen molar-refractivity contribution in [3.8, 4) is 0 Å². The molecule has 17 heavy (non-hydrogen) atoms. The average molecular weight is 254 g/mol. The summed E-state index contributed by atoms with van der Waals surface area (Å²) in [6.07, 6.45) is 0.780. The first kappa shape index (κ1) is 12.6. The summed E-state index contributed by atoms with van der Waals surface area (Å²) in [5, 5.41) is 10.3. The van der Waals surface area contributed by atoms with Gasteiger partial charge in [-0.1, -0.05) is 23.8 Å². The van der Waals surface area contributed by atoms with Gasteiger partial charge in [0.2, 0.25) is 0 Å². The van der Waals surface area contributed by atoms with Crippen LogP contribution in [0.4, 0.5) is 0 Å². The van der Waals surface area contributed by atoms with Crippen molar-refractivity contribution in [2.75, 3.05) is 11.5 Å². The molecular weight excluding hydrogens is 236 g/mol. The summed E-state index contributed by atoms with van der Waals surface area (Å²) in [4.78, 5) is 0. The summed E-state index contributed by atoms with van der Waals surface area (Å²) >= 11 is 0. The standard InChI is InChI=1S/C13H18O3S/c1-10-3-4-11(2)12(7-10)8-13(14)5-6-17(15,16)9-13/h3-4,7,14H,5-6,8-9H2,1-2H3. The third-order valence-electron chi connectivity index (χ3n) is 3.39. The molecule has 1 saturated heterocycles. The molecule has 1 aliphatic heterocycles. The van der Waals surface area contributed by atoms with Gasteiger partial charge in [-0.05, 0) is 31.4 Å². The lowest BCUT2D eigenvalue weighted by Gasteiger charge is -2.22. The van der Waals surface area contributed by atoms with Crippen molar-refractivity contribution in [3.05, 3.63) is 34.9 Å². The van der Waals surface area contributed by atoms with Gasteiger partial charge in [0, 0.05) is 6.42 Å². The maximum absolute atomic E-state index is 11.4. The van der Waals surface area contributed by atoms with Gasteiger partial charge in [-0.2, -0.15) is 0 Å². The van der Waals surface area contributed by atoms with Crippen LogP contribution >= 0.6 is 0 Å². The van der Waals surface area contributed by atoms with Crippen molar-refractivity contribution in [3.63, 3.8) is 0 Å². The van der Waals surface area contributed by atoms with Crippen LogP contribution in [0.25, 0.3) is 0 Å². The summed E-state index contributed by atoms with van der Waals surface area (Å²) in [7, 11) is -3.05. The molecule has 3 nitrogen and oxygen atoms in total. The highest BCUT2D eigenvalue weighted by molar-refractivity contribution is 7.91. The van der Waals surface area contributed by atoms with Crippen molar-refractivity contribution in [1.29, 1.82) is 0 Å². The van der Waals surface area contributed by atoms with Crippen LogP contribution in [0.3, 0.4) is 0 Å². The Hall–Kier alpha value is -0.870. The predicted molar refractivity (Wildman–Crippen MR) is 67.8 cm³/mol. The number of aliphatic hydroxyl groups is 1. The van der Waals surface area contributed by atoms with Gasteiger partial charge in [0.25, 0.3) is 0 Å². The van der Waals surface area contributed by atoms with Crippen LogP contribution in [0.2, 0.25) is 0 Å². The molecule has 1 aliphatic rings. The van der Waals surface area contributed by atoms with E-state index >= 15 is 0 Å². The van der Waals surface area contributed by atoms with Crippen LogP contribution in [0.1, 0.15) is 23.1 Å². The summed E-state index contributed by atoms with van der Waals surface area (Å²) in [6.45, 7) is 3.99.